The van der Waals surface area contributed by atoms with E-state index in [0.29, 0.717) is 18.1 Å². The van der Waals surface area contributed by atoms with Gasteiger partial charge in [0.05, 0.1) is 24.9 Å². The highest BCUT2D eigenvalue weighted by Crippen LogP contribution is 2.28. The molecule has 0 aromatic carbocycles. The predicted octanol–water partition coefficient (Wildman–Crippen LogP) is 1.52. The Bertz CT molecular complexity index is 773. The zero-order chi connectivity index (χ0) is 15.7. The average Bonchev–Trinajstić information content (AvgIpc) is 3.01. The van der Waals surface area contributed by atoms with Crippen LogP contribution in [0.1, 0.15) is 26.0 Å². The van der Waals surface area contributed by atoms with Crippen LogP contribution in [0, 0.1) is 0 Å². The van der Waals surface area contributed by atoms with Gasteiger partial charge < -0.3 is 10.8 Å². The number of aliphatic imine (C=N–C) groups is 1. The van der Waals surface area contributed by atoms with E-state index in [1.54, 1.807) is 10.9 Å². The van der Waals surface area contributed by atoms with Crippen LogP contribution in [0.15, 0.2) is 41.2 Å². The minimum atomic E-state index is -0.00129. The van der Waals surface area contributed by atoms with Crippen molar-refractivity contribution in [2.75, 3.05) is 12.3 Å². The third-order valence-electron chi connectivity index (χ3n) is 3.95. The van der Waals surface area contributed by atoms with Crippen molar-refractivity contribution in [1.82, 2.24) is 9.78 Å². The first-order chi connectivity index (χ1) is 10.7. The lowest BCUT2D eigenvalue weighted by Gasteiger charge is -1.99. The zero-order valence-corrected chi connectivity index (χ0v) is 12.8. The fourth-order valence-corrected chi connectivity index (χ4v) is 2.80. The summed E-state index contributed by atoms with van der Waals surface area (Å²) in [6.45, 7) is 4.61. The first kappa shape index (κ1) is 14.5. The molecule has 0 atom stereocenters. The first-order valence-electron chi connectivity index (χ1n) is 7.39. The molecule has 0 spiro atoms. The summed E-state index contributed by atoms with van der Waals surface area (Å²) in [5, 5.41) is 13.2. The van der Waals surface area contributed by atoms with Crippen molar-refractivity contribution in [3.05, 3.63) is 41.9 Å². The normalized spacial score (nSPS) is 15.7. The van der Waals surface area contributed by atoms with E-state index in [9.17, 15) is 0 Å². The van der Waals surface area contributed by atoms with Gasteiger partial charge in [-0.15, -0.1) is 0 Å². The zero-order valence-electron chi connectivity index (χ0n) is 12.8. The van der Waals surface area contributed by atoms with E-state index in [-0.39, 0.29) is 6.61 Å². The highest BCUT2D eigenvalue weighted by molar-refractivity contribution is 6.03. The molecule has 1 aliphatic rings. The average molecular weight is 298 g/mol. The molecule has 3 N–H and O–H groups in total. The van der Waals surface area contributed by atoms with Crippen LogP contribution in [0.4, 0.5) is 11.5 Å². The Hall–Kier alpha value is -2.47. The van der Waals surface area contributed by atoms with Crippen molar-refractivity contribution in [2.24, 2.45) is 4.99 Å². The first-order valence-corrected chi connectivity index (χ1v) is 7.39. The monoisotopic (exact) mass is 298 g/mol. The summed E-state index contributed by atoms with van der Waals surface area (Å²) in [5.74, 6) is 1.37. The highest BCUT2D eigenvalue weighted by atomic mass is 16.3. The van der Waals surface area contributed by atoms with Crippen LogP contribution in [0.25, 0.3) is 5.57 Å². The van der Waals surface area contributed by atoms with E-state index >= 15 is 0 Å². The van der Waals surface area contributed by atoms with Gasteiger partial charge in [0.25, 0.3) is 0 Å². The van der Waals surface area contributed by atoms with Crippen LogP contribution >= 0.6 is 0 Å². The summed E-state index contributed by atoms with van der Waals surface area (Å²) in [7, 11) is 0. The lowest BCUT2D eigenvalue weighted by Crippen LogP contribution is -2.42. The Kier molecular flexibility index (Phi) is 3.77. The minimum absolute atomic E-state index is 0.00129. The highest BCUT2D eigenvalue weighted by Gasteiger charge is 2.32. The maximum atomic E-state index is 9.02. The van der Waals surface area contributed by atoms with E-state index < -0.39 is 0 Å². The molecule has 6 heteroatoms. The second kappa shape index (κ2) is 5.73. The molecule has 1 aliphatic heterocycles. The van der Waals surface area contributed by atoms with E-state index in [4.69, 9.17) is 15.8 Å². The largest absolute Gasteiger partial charge is 0.394 e. The summed E-state index contributed by atoms with van der Waals surface area (Å²) in [6, 6.07) is 6.11. The number of allylic oxidation sites excluding steroid dienone is 2. The molecule has 3 heterocycles. The van der Waals surface area contributed by atoms with Crippen molar-refractivity contribution < 1.29 is 9.67 Å². The predicted molar refractivity (Wildman–Crippen MR) is 85.7 cm³/mol. The van der Waals surface area contributed by atoms with Gasteiger partial charge in [-0.05, 0) is 30.5 Å². The number of nitrogen functional groups attached to an aromatic ring is 1. The third-order valence-corrected chi connectivity index (χ3v) is 3.95. The second-order valence-electron chi connectivity index (χ2n) is 5.21. The second-order valence-corrected chi connectivity index (χ2v) is 5.21. The van der Waals surface area contributed by atoms with Crippen molar-refractivity contribution >= 4 is 22.9 Å². The summed E-state index contributed by atoms with van der Waals surface area (Å²) in [5.41, 5.74) is 10.3. The van der Waals surface area contributed by atoms with E-state index in [1.807, 2.05) is 18.3 Å². The molecule has 0 radical (unpaired) electrons. The molecule has 22 heavy (non-hydrogen) atoms. The number of aromatic nitrogens is 3. The third kappa shape index (κ3) is 2.21. The Morgan fingerprint density at radius 1 is 1.41 bits per heavy atom. The summed E-state index contributed by atoms with van der Waals surface area (Å²) in [4.78, 5) is 4.74. The molecule has 3 rings (SSSR count). The quantitative estimate of drug-likeness (QED) is 0.840. The molecular weight excluding hydrogens is 278 g/mol. The van der Waals surface area contributed by atoms with E-state index in [1.165, 1.54) is 11.1 Å². The van der Waals surface area contributed by atoms with Gasteiger partial charge in [0.15, 0.2) is 5.82 Å². The molecule has 0 saturated heterocycles. The smallest absolute Gasteiger partial charge is 0.332 e. The maximum absolute atomic E-state index is 9.02. The number of fused-ring (bicyclic) bond motifs is 1. The Balaban J connectivity index is 2.11. The number of hydrogen-bond donors (Lipinski definition) is 2. The number of nitrogens with two attached hydrogens (primary N) is 1. The number of anilines is 1. The standard InChI is InChI=1S/C16H19N5O/c1-3-12-11(2)14-6-4-5-7-20(14)16(12)19-13-10-18-21(8-9-22)15(13)17/h4-7,10,17,22H,3,8-9H2,1-2H3/p+1. The van der Waals surface area contributed by atoms with Crippen LogP contribution in [-0.4, -0.2) is 27.3 Å². The van der Waals surface area contributed by atoms with Gasteiger partial charge in [-0.3, -0.25) is 0 Å². The summed E-state index contributed by atoms with van der Waals surface area (Å²) in [6.07, 6.45) is 4.55. The van der Waals surface area contributed by atoms with Gasteiger partial charge in [0, 0.05) is 5.57 Å². The van der Waals surface area contributed by atoms with Crippen LogP contribution < -0.4 is 10.3 Å². The Labute approximate surface area is 129 Å². The van der Waals surface area contributed by atoms with Gasteiger partial charge in [0.1, 0.15) is 11.9 Å². The molecular formula is C16H20N5O+. The van der Waals surface area contributed by atoms with Crippen LogP contribution in [0.5, 0.6) is 0 Å². The molecule has 0 saturated carbocycles. The summed E-state index contributed by atoms with van der Waals surface area (Å²) >= 11 is 0. The number of pyridine rings is 1. The molecule has 6 nitrogen and oxygen atoms in total. The number of hydrogen-bond acceptors (Lipinski definition) is 4. The van der Waals surface area contributed by atoms with E-state index in [2.05, 4.69) is 29.6 Å². The van der Waals surface area contributed by atoms with Gasteiger partial charge in [-0.2, -0.15) is 9.67 Å². The molecule has 0 aliphatic carbocycles. The van der Waals surface area contributed by atoms with Crippen LogP contribution in [-0.2, 0) is 6.54 Å². The fraction of sp³-hybridized carbons (Fsp3) is 0.312. The van der Waals surface area contributed by atoms with Crippen molar-refractivity contribution in [2.45, 2.75) is 26.8 Å². The van der Waals surface area contributed by atoms with Gasteiger partial charge in [0.2, 0.25) is 5.69 Å². The number of rotatable bonds is 4. The molecule has 0 fully saturated rings. The summed E-state index contributed by atoms with van der Waals surface area (Å²) < 4.78 is 3.64. The minimum Gasteiger partial charge on any atom is -0.394 e. The number of aliphatic hydroxyl groups excluding tert-OH is 1. The van der Waals surface area contributed by atoms with Gasteiger partial charge in [-0.25, -0.2) is 4.68 Å². The van der Waals surface area contributed by atoms with Crippen LogP contribution in [0.2, 0.25) is 0 Å². The molecule has 0 unspecified atom stereocenters. The molecule has 2 aromatic heterocycles. The SMILES string of the molecule is CCC1=C(C)c2cccc[n+]2C1=Nc1cnn(CCO)c1N. The van der Waals surface area contributed by atoms with Crippen LogP contribution in [0.3, 0.4) is 0 Å². The lowest BCUT2D eigenvalue weighted by atomic mass is 10.1. The Morgan fingerprint density at radius 2 is 2.23 bits per heavy atom. The van der Waals surface area contributed by atoms with Crippen molar-refractivity contribution in [3.63, 3.8) is 0 Å². The van der Waals surface area contributed by atoms with Crippen molar-refractivity contribution in [3.8, 4) is 0 Å². The maximum Gasteiger partial charge on any atom is 0.332 e. The lowest BCUT2D eigenvalue weighted by molar-refractivity contribution is -0.554. The Morgan fingerprint density at radius 3 is 2.95 bits per heavy atom. The molecule has 114 valence electrons. The fourth-order valence-electron chi connectivity index (χ4n) is 2.80. The number of nitrogens with zero attached hydrogens (tertiary/aromatic N) is 4. The topological polar surface area (TPSA) is 80.3 Å². The van der Waals surface area contributed by atoms with Crippen molar-refractivity contribution in [1.29, 1.82) is 0 Å². The number of aliphatic hydroxyl groups is 1. The molecule has 0 bridgehead atoms. The van der Waals surface area contributed by atoms with E-state index in [0.717, 1.165) is 18.0 Å². The molecule has 2 aromatic rings. The van der Waals surface area contributed by atoms with Gasteiger partial charge in [-0.1, -0.05) is 13.0 Å². The van der Waals surface area contributed by atoms with Gasteiger partial charge >= 0.3 is 5.84 Å². The molecule has 0 amide bonds.